The van der Waals surface area contributed by atoms with Crippen LogP contribution >= 0.6 is 11.8 Å². The summed E-state index contributed by atoms with van der Waals surface area (Å²) in [5.74, 6) is 1.07. The van der Waals surface area contributed by atoms with E-state index in [0.717, 1.165) is 18.8 Å². The maximum absolute atomic E-state index is 9.67. The summed E-state index contributed by atoms with van der Waals surface area (Å²) in [7, 11) is 0. The molecule has 2 unspecified atom stereocenters. The van der Waals surface area contributed by atoms with Crippen molar-refractivity contribution < 1.29 is 9.84 Å². The summed E-state index contributed by atoms with van der Waals surface area (Å²) in [4.78, 5) is 0. The van der Waals surface area contributed by atoms with E-state index in [1.807, 2.05) is 11.8 Å². The average molecular weight is 263 g/mol. The summed E-state index contributed by atoms with van der Waals surface area (Å²) in [5.41, 5.74) is 0. The predicted molar refractivity (Wildman–Crippen MR) is 76.8 cm³/mol. The monoisotopic (exact) mass is 263 g/mol. The van der Waals surface area contributed by atoms with Crippen molar-refractivity contribution in [2.45, 2.75) is 51.7 Å². The molecule has 0 saturated heterocycles. The number of ether oxygens (including phenoxy) is 1. The first-order valence-electron chi connectivity index (χ1n) is 6.68. The van der Waals surface area contributed by atoms with Gasteiger partial charge in [-0.15, -0.1) is 0 Å². The Hall–Kier alpha value is 0.230. The number of hydrogen-bond acceptors (Lipinski definition) is 4. The van der Waals surface area contributed by atoms with Crippen LogP contribution in [0, 0.1) is 0 Å². The van der Waals surface area contributed by atoms with Crippen molar-refractivity contribution in [3.05, 3.63) is 0 Å². The molecule has 0 spiro atoms. The zero-order valence-corrected chi connectivity index (χ0v) is 12.4. The molecule has 104 valence electrons. The van der Waals surface area contributed by atoms with Crippen LogP contribution in [0.1, 0.15) is 39.5 Å². The first kappa shape index (κ1) is 17.2. The third-order valence-corrected chi connectivity index (χ3v) is 3.40. The standard InChI is InChI=1S/C13H29NO2S/c1-4-5-6-7-8-16-10-13(15)9-14-12(2)11-17-3/h12-15H,4-11H2,1-3H3. The van der Waals surface area contributed by atoms with Crippen molar-refractivity contribution in [1.82, 2.24) is 5.32 Å². The Labute approximate surface area is 111 Å². The molecule has 0 bridgehead atoms. The summed E-state index contributed by atoms with van der Waals surface area (Å²) in [6, 6.07) is 0.448. The summed E-state index contributed by atoms with van der Waals surface area (Å²) < 4.78 is 5.44. The van der Waals surface area contributed by atoms with E-state index in [9.17, 15) is 5.11 Å². The van der Waals surface area contributed by atoms with Crippen molar-refractivity contribution in [3.63, 3.8) is 0 Å². The van der Waals surface area contributed by atoms with Crippen LogP contribution in [-0.4, -0.2) is 49.0 Å². The molecule has 0 rings (SSSR count). The first-order valence-corrected chi connectivity index (χ1v) is 8.08. The van der Waals surface area contributed by atoms with Crippen LogP contribution in [0.3, 0.4) is 0 Å². The molecule has 2 N–H and O–H groups in total. The van der Waals surface area contributed by atoms with Gasteiger partial charge in [0.25, 0.3) is 0 Å². The van der Waals surface area contributed by atoms with E-state index in [1.54, 1.807) is 0 Å². The summed E-state index contributed by atoms with van der Waals surface area (Å²) in [6.45, 7) is 6.18. The van der Waals surface area contributed by atoms with Crippen LogP contribution in [0.4, 0.5) is 0 Å². The molecule has 0 fully saturated rings. The quantitative estimate of drug-likeness (QED) is 0.530. The van der Waals surface area contributed by atoms with Gasteiger partial charge in [-0.2, -0.15) is 11.8 Å². The molecule has 0 aromatic rings. The second kappa shape index (κ2) is 12.7. The molecule has 2 atom stereocenters. The minimum Gasteiger partial charge on any atom is -0.389 e. The van der Waals surface area contributed by atoms with Crippen molar-refractivity contribution in [3.8, 4) is 0 Å². The zero-order chi connectivity index (χ0) is 12.9. The van der Waals surface area contributed by atoms with Crippen LogP contribution in [0.2, 0.25) is 0 Å². The highest BCUT2D eigenvalue weighted by Gasteiger charge is 2.06. The van der Waals surface area contributed by atoms with Gasteiger partial charge < -0.3 is 15.2 Å². The number of unbranched alkanes of at least 4 members (excludes halogenated alkanes) is 3. The number of nitrogens with one attached hydrogen (secondary N) is 1. The van der Waals surface area contributed by atoms with Gasteiger partial charge in [-0.05, 0) is 19.6 Å². The number of thioether (sulfide) groups is 1. The van der Waals surface area contributed by atoms with E-state index in [0.29, 0.717) is 19.2 Å². The molecular weight excluding hydrogens is 234 g/mol. The van der Waals surface area contributed by atoms with Gasteiger partial charge in [0.1, 0.15) is 0 Å². The van der Waals surface area contributed by atoms with Crippen molar-refractivity contribution in [1.29, 1.82) is 0 Å². The molecule has 0 saturated carbocycles. The molecule has 0 aliphatic heterocycles. The maximum Gasteiger partial charge on any atom is 0.0897 e. The van der Waals surface area contributed by atoms with Crippen molar-refractivity contribution in [2.24, 2.45) is 0 Å². The molecule has 0 radical (unpaired) electrons. The second-order valence-electron chi connectivity index (χ2n) is 4.55. The summed E-state index contributed by atoms with van der Waals surface area (Å²) in [5, 5.41) is 13.0. The van der Waals surface area contributed by atoms with Gasteiger partial charge >= 0.3 is 0 Å². The van der Waals surface area contributed by atoms with Crippen LogP contribution in [0.25, 0.3) is 0 Å². The largest absolute Gasteiger partial charge is 0.389 e. The third kappa shape index (κ3) is 12.5. The minimum absolute atomic E-state index is 0.384. The van der Waals surface area contributed by atoms with Gasteiger partial charge in [-0.3, -0.25) is 0 Å². The lowest BCUT2D eigenvalue weighted by Crippen LogP contribution is -2.37. The van der Waals surface area contributed by atoms with Crippen LogP contribution < -0.4 is 5.32 Å². The van der Waals surface area contributed by atoms with E-state index in [1.165, 1.54) is 19.3 Å². The molecule has 0 amide bonds. The number of rotatable bonds is 12. The Morgan fingerprint density at radius 1 is 1.29 bits per heavy atom. The Kier molecular flexibility index (Phi) is 12.9. The molecule has 0 aliphatic rings. The fourth-order valence-electron chi connectivity index (χ4n) is 1.56. The Morgan fingerprint density at radius 3 is 2.71 bits per heavy atom. The highest BCUT2D eigenvalue weighted by atomic mass is 32.2. The molecular formula is C13H29NO2S. The van der Waals surface area contributed by atoms with E-state index in [4.69, 9.17) is 4.74 Å². The third-order valence-electron chi connectivity index (χ3n) is 2.57. The summed E-state index contributed by atoms with van der Waals surface area (Å²) in [6.07, 6.45) is 6.57. The number of hydrogen-bond donors (Lipinski definition) is 2. The van der Waals surface area contributed by atoms with E-state index < -0.39 is 0 Å². The lowest BCUT2D eigenvalue weighted by Gasteiger charge is -2.16. The van der Waals surface area contributed by atoms with Crippen LogP contribution in [0.5, 0.6) is 0 Å². The van der Waals surface area contributed by atoms with Crippen LogP contribution in [0.15, 0.2) is 0 Å². The number of aliphatic hydroxyl groups is 1. The second-order valence-corrected chi connectivity index (χ2v) is 5.46. The van der Waals surface area contributed by atoms with Gasteiger partial charge in [-0.1, -0.05) is 26.2 Å². The molecule has 0 heterocycles. The Morgan fingerprint density at radius 2 is 2.06 bits per heavy atom. The molecule has 0 aromatic heterocycles. The van der Waals surface area contributed by atoms with Gasteiger partial charge in [0.15, 0.2) is 0 Å². The molecule has 4 heteroatoms. The van der Waals surface area contributed by atoms with Crippen molar-refractivity contribution >= 4 is 11.8 Å². The van der Waals surface area contributed by atoms with E-state index >= 15 is 0 Å². The average Bonchev–Trinajstić information content (AvgIpc) is 2.31. The van der Waals surface area contributed by atoms with Gasteiger partial charge in [0, 0.05) is 24.9 Å². The normalized spacial score (nSPS) is 14.8. The SMILES string of the molecule is CCCCCCOCC(O)CNC(C)CSC. The summed E-state index contributed by atoms with van der Waals surface area (Å²) >= 11 is 1.82. The fraction of sp³-hybridized carbons (Fsp3) is 1.00. The lowest BCUT2D eigenvalue weighted by atomic mass is 10.2. The number of aliphatic hydroxyl groups excluding tert-OH is 1. The zero-order valence-electron chi connectivity index (χ0n) is 11.6. The van der Waals surface area contributed by atoms with E-state index in [-0.39, 0.29) is 6.10 Å². The highest BCUT2D eigenvalue weighted by molar-refractivity contribution is 7.98. The lowest BCUT2D eigenvalue weighted by molar-refractivity contribution is 0.0347. The maximum atomic E-state index is 9.67. The van der Waals surface area contributed by atoms with Gasteiger partial charge in [0.05, 0.1) is 12.7 Å². The van der Waals surface area contributed by atoms with Crippen LogP contribution in [-0.2, 0) is 4.74 Å². The minimum atomic E-state index is -0.384. The first-order chi connectivity index (χ1) is 8.20. The Bertz CT molecular complexity index is 158. The molecule has 17 heavy (non-hydrogen) atoms. The topological polar surface area (TPSA) is 41.5 Å². The van der Waals surface area contributed by atoms with Gasteiger partial charge in [-0.25, -0.2) is 0 Å². The molecule has 0 aromatic carbocycles. The fourth-order valence-corrected chi connectivity index (χ4v) is 2.17. The molecule has 3 nitrogen and oxygen atoms in total. The smallest absolute Gasteiger partial charge is 0.0897 e. The molecule has 0 aliphatic carbocycles. The Balaban J connectivity index is 3.25. The van der Waals surface area contributed by atoms with E-state index in [2.05, 4.69) is 25.4 Å². The predicted octanol–water partition coefficient (Wildman–Crippen LogP) is 2.29. The highest BCUT2D eigenvalue weighted by Crippen LogP contribution is 1.99. The van der Waals surface area contributed by atoms with Gasteiger partial charge in [0.2, 0.25) is 0 Å². The van der Waals surface area contributed by atoms with Crippen molar-refractivity contribution in [2.75, 3.05) is 31.8 Å².